The SMILES string of the molecule is CCCCc1cc(OCN2CCC2)cnc1Cl. The summed E-state index contributed by atoms with van der Waals surface area (Å²) in [6.45, 7) is 5.12. The Labute approximate surface area is 108 Å². The van der Waals surface area contributed by atoms with Gasteiger partial charge in [0.1, 0.15) is 17.6 Å². The molecule has 4 heteroatoms. The molecule has 0 bridgehead atoms. The quantitative estimate of drug-likeness (QED) is 0.730. The van der Waals surface area contributed by atoms with Crippen molar-refractivity contribution in [1.82, 2.24) is 9.88 Å². The molecule has 1 fully saturated rings. The summed E-state index contributed by atoms with van der Waals surface area (Å²) in [5.74, 6) is 0.826. The summed E-state index contributed by atoms with van der Waals surface area (Å²) in [4.78, 5) is 6.44. The molecule has 1 aromatic heterocycles. The fourth-order valence-corrected chi connectivity index (χ4v) is 1.97. The number of likely N-dealkylation sites (tertiary alicyclic amines) is 1. The highest BCUT2D eigenvalue weighted by atomic mass is 35.5. The lowest BCUT2D eigenvalue weighted by Gasteiger charge is -2.30. The minimum atomic E-state index is 0.606. The number of pyridine rings is 1. The molecule has 0 spiro atoms. The molecule has 1 saturated heterocycles. The van der Waals surface area contributed by atoms with Crippen LogP contribution in [0.5, 0.6) is 5.75 Å². The molecule has 0 aromatic carbocycles. The van der Waals surface area contributed by atoms with Crippen molar-refractivity contribution in [3.63, 3.8) is 0 Å². The van der Waals surface area contributed by atoms with Crippen LogP contribution in [0.1, 0.15) is 31.7 Å². The highest BCUT2D eigenvalue weighted by Gasteiger charge is 2.14. The van der Waals surface area contributed by atoms with Crippen molar-refractivity contribution in [3.8, 4) is 5.75 Å². The Hall–Kier alpha value is -0.800. The lowest BCUT2D eigenvalue weighted by Crippen LogP contribution is -2.39. The lowest BCUT2D eigenvalue weighted by atomic mass is 10.1. The summed E-state index contributed by atoms with van der Waals surface area (Å²) in [5, 5.41) is 0.606. The van der Waals surface area contributed by atoms with Crippen molar-refractivity contribution >= 4 is 11.6 Å². The smallest absolute Gasteiger partial charge is 0.142 e. The standard InChI is InChI=1S/C13H19ClN2O/c1-2-3-5-11-8-12(9-15-13(11)14)17-10-16-6-4-7-16/h8-9H,2-7,10H2,1H3. The molecule has 0 radical (unpaired) electrons. The topological polar surface area (TPSA) is 25.4 Å². The zero-order chi connectivity index (χ0) is 12.1. The van der Waals surface area contributed by atoms with Crippen LogP contribution in [0.4, 0.5) is 0 Å². The van der Waals surface area contributed by atoms with Crippen molar-refractivity contribution in [2.45, 2.75) is 32.6 Å². The first-order valence-corrected chi connectivity index (χ1v) is 6.67. The van der Waals surface area contributed by atoms with Crippen molar-refractivity contribution in [2.24, 2.45) is 0 Å². The molecule has 0 unspecified atom stereocenters. The maximum atomic E-state index is 6.06. The molecule has 2 heterocycles. The largest absolute Gasteiger partial charge is 0.477 e. The summed E-state index contributed by atoms with van der Waals surface area (Å²) in [5.41, 5.74) is 1.09. The minimum absolute atomic E-state index is 0.606. The predicted molar refractivity (Wildman–Crippen MR) is 69.5 cm³/mol. The first-order valence-electron chi connectivity index (χ1n) is 6.29. The van der Waals surface area contributed by atoms with E-state index in [1.54, 1.807) is 6.20 Å². The fraction of sp³-hybridized carbons (Fsp3) is 0.615. The zero-order valence-corrected chi connectivity index (χ0v) is 11.0. The summed E-state index contributed by atoms with van der Waals surface area (Å²) in [7, 11) is 0. The van der Waals surface area contributed by atoms with E-state index in [4.69, 9.17) is 16.3 Å². The van der Waals surface area contributed by atoms with Gasteiger partial charge >= 0.3 is 0 Å². The van der Waals surface area contributed by atoms with E-state index in [1.165, 1.54) is 6.42 Å². The van der Waals surface area contributed by atoms with Gasteiger partial charge in [-0.15, -0.1) is 0 Å². The summed E-state index contributed by atoms with van der Waals surface area (Å²) in [6.07, 6.45) is 6.26. The first kappa shape index (κ1) is 12.7. The van der Waals surface area contributed by atoms with Gasteiger partial charge in [-0.2, -0.15) is 0 Å². The molecule has 0 saturated carbocycles. The van der Waals surface area contributed by atoms with Crippen LogP contribution in [0.15, 0.2) is 12.3 Å². The fourth-order valence-electron chi connectivity index (χ4n) is 1.77. The van der Waals surface area contributed by atoms with Crippen molar-refractivity contribution in [1.29, 1.82) is 0 Å². The normalized spacial score (nSPS) is 15.6. The van der Waals surface area contributed by atoms with Crippen molar-refractivity contribution < 1.29 is 4.74 Å². The van der Waals surface area contributed by atoms with Gasteiger partial charge in [0.25, 0.3) is 0 Å². The van der Waals surface area contributed by atoms with Crippen LogP contribution in [0.3, 0.4) is 0 Å². The summed E-state index contributed by atoms with van der Waals surface area (Å²) < 4.78 is 5.69. The van der Waals surface area contributed by atoms with Gasteiger partial charge < -0.3 is 4.74 Å². The van der Waals surface area contributed by atoms with E-state index in [0.29, 0.717) is 11.9 Å². The number of aryl methyl sites for hydroxylation is 1. The van der Waals surface area contributed by atoms with Gasteiger partial charge in [-0.05, 0) is 30.9 Å². The Morgan fingerprint density at radius 3 is 2.94 bits per heavy atom. The molecular weight excluding hydrogens is 236 g/mol. The number of halogens is 1. The van der Waals surface area contributed by atoms with E-state index in [0.717, 1.165) is 43.7 Å². The molecule has 2 rings (SSSR count). The van der Waals surface area contributed by atoms with E-state index in [2.05, 4.69) is 16.8 Å². The average Bonchev–Trinajstić information content (AvgIpc) is 2.27. The molecular formula is C13H19ClN2O. The summed E-state index contributed by atoms with van der Waals surface area (Å²) >= 11 is 6.06. The van der Waals surface area contributed by atoms with Gasteiger partial charge in [-0.3, -0.25) is 4.90 Å². The Kier molecular flexibility index (Phi) is 4.63. The van der Waals surface area contributed by atoms with Crippen LogP contribution in [-0.2, 0) is 6.42 Å². The van der Waals surface area contributed by atoms with Gasteiger partial charge in [-0.25, -0.2) is 4.98 Å². The molecule has 1 aliphatic rings. The monoisotopic (exact) mass is 254 g/mol. The molecule has 0 aliphatic carbocycles. The van der Waals surface area contributed by atoms with Crippen LogP contribution in [-0.4, -0.2) is 29.7 Å². The highest BCUT2D eigenvalue weighted by molar-refractivity contribution is 6.30. The number of rotatable bonds is 6. The van der Waals surface area contributed by atoms with Gasteiger partial charge in [-0.1, -0.05) is 24.9 Å². The Morgan fingerprint density at radius 1 is 1.47 bits per heavy atom. The van der Waals surface area contributed by atoms with Crippen LogP contribution >= 0.6 is 11.6 Å². The average molecular weight is 255 g/mol. The molecule has 1 aliphatic heterocycles. The second-order valence-electron chi connectivity index (χ2n) is 4.47. The van der Waals surface area contributed by atoms with Crippen LogP contribution in [0.25, 0.3) is 0 Å². The molecule has 3 nitrogen and oxygen atoms in total. The minimum Gasteiger partial charge on any atom is -0.477 e. The van der Waals surface area contributed by atoms with Crippen LogP contribution in [0.2, 0.25) is 5.15 Å². The Morgan fingerprint density at radius 2 is 2.29 bits per heavy atom. The zero-order valence-electron chi connectivity index (χ0n) is 10.3. The molecule has 0 amide bonds. The Bertz CT molecular complexity index is 366. The second-order valence-corrected chi connectivity index (χ2v) is 4.83. The van der Waals surface area contributed by atoms with Crippen LogP contribution in [0, 0.1) is 0 Å². The molecule has 0 atom stereocenters. The third-order valence-electron chi connectivity index (χ3n) is 3.05. The predicted octanol–water partition coefficient (Wildman–Crippen LogP) is 3.12. The number of ether oxygens (including phenoxy) is 1. The van der Waals surface area contributed by atoms with E-state index in [9.17, 15) is 0 Å². The molecule has 94 valence electrons. The maximum absolute atomic E-state index is 6.06. The summed E-state index contributed by atoms with van der Waals surface area (Å²) in [6, 6.07) is 2.02. The van der Waals surface area contributed by atoms with Gasteiger partial charge in [0.15, 0.2) is 0 Å². The number of hydrogen-bond donors (Lipinski definition) is 0. The third-order valence-corrected chi connectivity index (χ3v) is 3.39. The van der Waals surface area contributed by atoms with Gasteiger partial charge in [0.05, 0.1) is 6.20 Å². The number of hydrogen-bond acceptors (Lipinski definition) is 3. The van der Waals surface area contributed by atoms with E-state index < -0.39 is 0 Å². The Balaban J connectivity index is 1.91. The third kappa shape index (κ3) is 3.58. The van der Waals surface area contributed by atoms with E-state index >= 15 is 0 Å². The number of unbranched alkanes of at least 4 members (excludes halogenated alkanes) is 1. The van der Waals surface area contributed by atoms with Crippen molar-refractivity contribution in [2.75, 3.05) is 19.8 Å². The first-order chi connectivity index (χ1) is 8.29. The van der Waals surface area contributed by atoms with E-state index in [1.807, 2.05) is 6.07 Å². The van der Waals surface area contributed by atoms with Crippen LogP contribution < -0.4 is 4.74 Å². The van der Waals surface area contributed by atoms with Gasteiger partial charge in [0.2, 0.25) is 0 Å². The highest BCUT2D eigenvalue weighted by Crippen LogP contribution is 2.21. The second kappa shape index (κ2) is 6.22. The molecule has 17 heavy (non-hydrogen) atoms. The number of nitrogens with zero attached hydrogens (tertiary/aromatic N) is 2. The molecule has 0 N–H and O–H groups in total. The maximum Gasteiger partial charge on any atom is 0.142 e. The lowest BCUT2D eigenvalue weighted by molar-refractivity contribution is 0.0728. The molecule has 1 aromatic rings. The van der Waals surface area contributed by atoms with Crippen molar-refractivity contribution in [3.05, 3.63) is 23.0 Å². The number of aromatic nitrogens is 1. The van der Waals surface area contributed by atoms with E-state index in [-0.39, 0.29) is 0 Å². The van der Waals surface area contributed by atoms with Gasteiger partial charge in [0, 0.05) is 13.1 Å².